The molecule has 11 heteroatoms. The van der Waals surface area contributed by atoms with Crippen LogP contribution in [-0.2, 0) is 9.53 Å². The number of nitrogens with one attached hydrogen (secondary N) is 1. The van der Waals surface area contributed by atoms with Crippen molar-refractivity contribution in [3.05, 3.63) is 18.5 Å². The van der Waals surface area contributed by atoms with E-state index in [4.69, 9.17) is 20.4 Å². The molecule has 2 aromatic rings. The molecule has 0 unspecified atom stereocenters. The van der Waals surface area contributed by atoms with Crippen LogP contribution in [0.25, 0.3) is 11.3 Å². The van der Waals surface area contributed by atoms with E-state index in [1.165, 1.54) is 0 Å². The third-order valence-electron chi connectivity index (χ3n) is 6.06. The van der Waals surface area contributed by atoms with Crippen LogP contribution < -0.4 is 16.0 Å². The van der Waals surface area contributed by atoms with Crippen LogP contribution in [0.3, 0.4) is 0 Å². The van der Waals surface area contributed by atoms with E-state index in [-0.39, 0.29) is 23.9 Å². The van der Waals surface area contributed by atoms with Gasteiger partial charge >= 0.3 is 0 Å². The molecule has 2 aliphatic rings. The predicted octanol–water partition coefficient (Wildman–Crippen LogP) is 1.16. The van der Waals surface area contributed by atoms with Crippen molar-refractivity contribution in [2.24, 2.45) is 5.41 Å². The van der Waals surface area contributed by atoms with Gasteiger partial charge in [-0.25, -0.2) is 15.0 Å². The van der Waals surface area contributed by atoms with Crippen molar-refractivity contribution in [2.45, 2.75) is 39.2 Å². The monoisotopic (exact) mass is 470 g/mol. The second-order valence-corrected chi connectivity index (χ2v) is 10.2. The van der Waals surface area contributed by atoms with Gasteiger partial charge in [0.15, 0.2) is 0 Å². The van der Waals surface area contributed by atoms with Crippen molar-refractivity contribution >= 4 is 23.6 Å². The lowest BCUT2D eigenvalue weighted by Gasteiger charge is -2.31. The number of anilines is 3. The lowest BCUT2D eigenvalue weighted by molar-refractivity contribution is -0.132. The molecule has 1 amide bonds. The highest BCUT2D eigenvalue weighted by molar-refractivity contribution is 5.77. The normalized spacial score (nSPS) is 21.1. The van der Waals surface area contributed by atoms with Crippen LogP contribution in [0.2, 0.25) is 0 Å². The average molecular weight is 471 g/mol. The molecule has 4 heterocycles. The van der Waals surface area contributed by atoms with Crippen LogP contribution in [0.5, 0.6) is 0 Å². The third kappa shape index (κ3) is 5.71. The minimum Gasteiger partial charge on any atom is -0.394 e. The van der Waals surface area contributed by atoms with Gasteiger partial charge in [-0.05, 0) is 11.8 Å². The molecule has 2 fully saturated rings. The van der Waals surface area contributed by atoms with Crippen molar-refractivity contribution in [1.82, 2.24) is 24.8 Å². The smallest absolute Gasteiger partial charge is 0.228 e. The molecule has 0 saturated carbocycles. The van der Waals surface area contributed by atoms with Gasteiger partial charge in [-0.2, -0.15) is 4.98 Å². The van der Waals surface area contributed by atoms with Crippen LogP contribution in [-0.4, -0.2) is 87.4 Å². The zero-order valence-corrected chi connectivity index (χ0v) is 20.1. The van der Waals surface area contributed by atoms with E-state index in [0.717, 1.165) is 0 Å². The summed E-state index contributed by atoms with van der Waals surface area (Å²) in [6, 6.07) is 1.82. The first-order chi connectivity index (χ1) is 16.2. The Morgan fingerprint density at radius 2 is 1.91 bits per heavy atom. The number of rotatable bonds is 6. The second kappa shape index (κ2) is 9.67. The van der Waals surface area contributed by atoms with Crippen LogP contribution in [0, 0.1) is 5.41 Å². The van der Waals surface area contributed by atoms with Crippen LogP contribution >= 0.6 is 0 Å². The van der Waals surface area contributed by atoms with Gasteiger partial charge in [-0.15, -0.1) is 0 Å². The van der Waals surface area contributed by atoms with E-state index < -0.39 is 5.54 Å². The van der Waals surface area contributed by atoms with E-state index in [0.29, 0.717) is 75.3 Å². The number of amides is 1. The highest BCUT2D eigenvalue weighted by Crippen LogP contribution is 2.30. The summed E-state index contributed by atoms with van der Waals surface area (Å²) in [5.41, 5.74) is 6.23. The number of morpholine rings is 1. The van der Waals surface area contributed by atoms with E-state index in [1.54, 1.807) is 12.4 Å². The molecule has 184 valence electrons. The highest BCUT2D eigenvalue weighted by atomic mass is 16.5. The quantitative estimate of drug-likeness (QED) is 0.563. The molecule has 1 atom stereocenters. The summed E-state index contributed by atoms with van der Waals surface area (Å²) in [5, 5.41) is 13.8. The Morgan fingerprint density at radius 1 is 1.21 bits per heavy atom. The maximum absolute atomic E-state index is 12.8. The zero-order chi connectivity index (χ0) is 24.3. The number of hydrogen-bond donors (Lipinski definition) is 3. The Morgan fingerprint density at radius 3 is 2.56 bits per heavy atom. The number of hydrogen-bond acceptors (Lipinski definition) is 10. The number of nitrogen functional groups attached to an aromatic ring is 1. The van der Waals surface area contributed by atoms with Gasteiger partial charge in [-0.1, -0.05) is 20.8 Å². The summed E-state index contributed by atoms with van der Waals surface area (Å²) < 4.78 is 5.47. The summed E-state index contributed by atoms with van der Waals surface area (Å²) in [7, 11) is 0. The molecule has 2 aromatic heterocycles. The maximum atomic E-state index is 12.8. The summed E-state index contributed by atoms with van der Waals surface area (Å²) >= 11 is 0. The van der Waals surface area contributed by atoms with Crippen LogP contribution in [0.4, 0.5) is 17.7 Å². The van der Waals surface area contributed by atoms with Crippen molar-refractivity contribution in [2.75, 3.05) is 62.0 Å². The first-order valence-electron chi connectivity index (χ1n) is 11.6. The first kappa shape index (κ1) is 24.1. The Balaban J connectivity index is 1.61. The molecule has 34 heavy (non-hydrogen) atoms. The third-order valence-corrected chi connectivity index (χ3v) is 6.06. The van der Waals surface area contributed by atoms with E-state index in [2.05, 4.69) is 41.0 Å². The number of ether oxygens (including phenoxy) is 1. The number of carbonyl (C=O) groups excluding carboxylic acids is 1. The Bertz CT molecular complexity index is 1000. The lowest BCUT2D eigenvalue weighted by Crippen LogP contribution is -2.46. The van der Waals surface area contributed by atoms with Crippen molar-refractivity contribution in [3.8, 4) is 11.3 Å². The zero-order valence-electron chi connectivity index (χ0n) is 20.1. The fourth-order valence-electron chi connectivity index (χ4n) is 4.21. The standard InChI is InChI=1S/C23H34N8O3/c1-22(2,3)11-19(33)31-5-4-23(14-31,15-32)29-18-10-17(16-12-25-20(24)26-13-16)27-21(28-18)30-6-8-34-9-7-30/h10,12-13,32H,4-9,11,14-15H2,1-3H3,(H2,24,25,26)(H,27,28,29)/t23-/m0/s1. The molecule has 11 nitrogen and oxygen atoms in total. The average Bonchev–Trinajstić information content (AvgIpc) is 3.23. The number of nitrogens with two attached hydrogens (primary N) is 1. The Kier molecular flexibility index (Phi) is 6.85. The SMILES string of the molecule is CC(C)(C)CC(=O)N1CC[C@](CO)(Nc2cc(-c3cnc(N)nc3)nc(N3CCOCC3)n2)C1. The fraction of sp³-hybridized carbons (Fsp3) is 0.609. The summed E-state index contributed by atoms with van der Waals surface area (Å²) in [6.07, 6.45) is 4.34. The molecule has 2 saturated heterocycles. The number of likely N-dealkylation sites (tertiary alicyclic amines) is 1. The van der Waals surface area contributed by atoms with Crippen LogP contribution in [0.15, 0.2) is 18.5 Å². The largest absolute Gasteiger partial charge is 0.394 e. The van der Waals surface area contributed by atoms with E-state index in [1.807, 2.05) is 11.0 Å². The van der Waals surface area contributed by atoms with Gasteiger partial charge in [-0.3, -0.25) is 4.79 Å². The van der Waals surface area contributed by atoms with Gasteiger partial charge in [0.05, 0.1) is 31.1 Å². The fourth-order valence-corrected chi connectivity index (χ4v) is 4.21. The second-order valence-electron chi connectivity index (χ2n) is 10.2. The Labute approximate surface area is 199 Å². The van der Waals surface area contributed by atoms with Crippen molar-refractivity contribution in [3.63, 3.8) is 0 Å². The van der Waals surface area contributed by atoms with Gasteiger partial charge in [0.25, 0.3) is 0 Å². The first-order valence-corrected chi connectivity index (χ1v) is 11.6. The summed E-state index contributed by atoms with van der Waals surface area (Å²) in [5.74, 6) is 1.42. The molecule has 0 radical (unpaired) electrons. The predicted molar refractivity (Wildman–Crippen MR) is 129 cm³/mol. The van der Waals surface area contributed by atoms with Gasteiger partial charge in [0.2, 0.25) is 17.8 Å². The number of aromatic nitrogens is 4. The molecular weight excluding hydrogens is 436 g/mol. The molecule has 4 rings (SSSR count). The van der Waals surface area contributed by atoms with Gasteiger partial charge in [0, 0.05) is 56.6 Å². The lowest BCUT2D eigenvalue weighted by atomic mass is 9.91. The molecule has 0 spiro atoms. The van der Waals surface area contributed by atoms with Crippen molar-refractivity contribution < 1.29 is 14.6 Å². The Hall–Kier alpha value is -3.05. The summed E-state index contributed by atoms with van der Waals surface area (Å²) in [6.45, 7) is 9.60. The highest BCUT2D eigenvalue weighted by Gasteiger charge is 2.40. The molecule has 4 N–H and O–H groups in total. The molecule has 0 bridgehead atoms. The molecular formula is C23H34N8O3. The number of aliphatic hydroxyl groups excluding tert-OH is 1. The van der Waals surface area contributed by atoms with E-state index in [9.17, 15) is 9.90 Å². The number of nitrogens with zero attached hydrogens (tertiary/aromatic N) is 6. The number of aliphatic hydroxyl groups is 1. The van der Waals surface area contributed by atoms with Crippen molar-refractivity contribution in [1.29, 1.82) is 0 Å². The van der Waals surface area contributed by atoms with E-state index >= 15 is 0 Å². The maximum Gasteiger partial charge on any atom is 0.228 e. The summed E-state index contributed by atoms with van der Waals surface area (Å²) in [4.78, 5) is 34.3. The van der Waals surface area contributed by atoms with Gasteiger partial charge in [0.1, 0.15) is 5.82 Å². The minimum absolute atomic E-state index is 0.0925. The van der Waals surface area contributed by atoms with Gasteiger partial charge < -0.3 is 30.7 Å². The molecule has 2 aliphatic heterocycles. The molecule has 0 aromatic carbocycles. The topological polar surface area (TPSA) is 143 Å². The minimum atomic E-state index is -0.681. The molecule has 0 aliphatic carbocycles. The van der Waals surface area contributed by atoms with Crippen LogP contribution in [0.1, 0.15) is 33.6 Å². The number of carbonyl (C=O) groups is 1.